The summed E-state index contributed by atoms with van der Waals surface area (Å²) in [6.07, 6.45) is 1.48. The lowest BCUT2D eigenvalue weighted by Gasteiger charge is -2.24. The smallest absolute Gasteiger partial charge is 0.266 e. The largest absolute Gasteiger partial charge is 0.434 e. The monoisotopic (exact) mass is 773 g/mol. The highest BCUT2D eigenvalue weighted by Gasteiger charge is 2.34. The molecule has 284 valence electrons. The van der Waals surface area contributed by atoms with Gasteiger partial charge >= 0.3 is 0 Å². The second-order valence-electron chi connectivity index (χ2n) is 12.0. The average molecular weight is 774 g/mol. The SMILES string of the molecule is CCNSOc1ccc(CC(=O)N2CCCC2C(=O)NCC(=O)c2nc3ccccc3o2)cc1.Cc1ccc(N=C(N)N)cc1.OCc1ccc(Cl)cc1. The molecule has 1 atom stereocenters. The second kappa shape index (κ2) is 21.3. The summed E-state index contributed by atoms with van der Waals surface area (Å²) in [5, 5.41) is 11.9. The number of para-hydroxylation sites is 2. The molecule has 1 fully saturated rings. The standard InChI is InChI=1S/C24H26N4O5S.C8H11N3.C7H7ClO/c1-2-26-34-33-17-11-9-16(10-12-17)14-22(30)28-13-5-7-19(28)23(31)25-15-20(29)24-27-18-6-3-4-8-21(18)32-24;1-6-2-4-7(5-3-6)11-8(9)10;8-7-3-1-6(5-9)2-4-7/h3-4,6,8-12,19,26H,2,5,7,13-15H2,1H3,(H,25,31);2-5H,1H3,(H4,9,10,11);1-4,9H,5H2. The molecule has 0 aliphatic carbocycles. The molecule has 13 nitrogen and oxygen atoms in total. The predicted molar refractivity (Wildman–Crippen MR) is 212 cm³/mol. The minimum Gasteiger partial charge on any atom is -0.434 e. The number of Topliss-reactive ketones (excluding diaryl/α,β-unsaturated/α-hetero) is 1. The number of benzene rings is 4. The van der Waals surface area contributed by atoms with Gasteiger partial charge in [-0.1, -0.05) is 72.6 Å². The lowest BCUT2D eigenvalue weighted by molar-refractivity contribution is -0.137. The number of carbonyl (C=O) groups excluding carboxylic acids is 3. The van der Waals surface area contributed by atoms with Crippen LogP contribution in [-0.2, 0) is 22.6 Å². The van der Waals surface area contributed by atoms with Crippen LogP contribution in [0.1, 0.15) is 47.1 Å². The van der Waals surface area contributed by atoms with Crippen molar-refractivity contribution in [2.45, 2.75) is 45.8 Å². The first-order valence-electron chi connectivity index (χ1n) is 17.2. The van der Waals surface area contributed by atoms with Gasteiger partial charge in [0.05, 0.1) is 25.3 Å². The minimum absolute atomic E-state index is 0.0443. The number of hydrogen-bond donors (Lipinski definition) is 5. The van der Waals surface area contributed by atoms with Crippen LogP contribution in [0.2, 0.25) is 5.02 Å². The molecule has 0 saturated carbocycles. The number of aliphatic imine (C=N–C) groups is 1. The van der Waals surface area contributed by atoms with Crippen LogP contribution in [0.15, 0.2) is 106 Å². The highest BCUT2D eigenvalue weighted by Crippen LogP contribution is 2.21. The number of aryl methyl sites for hydroxylation is 1. The van der Waals surface area contributed by atoms with Gasteiger partial charge in [0.15, 0.2) is 11.5 Å². The van der Waals surface area contributed by atoms with Crippen LogP contribution in [0.3, 0.4) is 0 Å². The first kappa shape index (κ1) is 41.3. The van der Waals surface area contributed by atoms with Crippen LogP contribution in [0.4, 0.5) is 5.69 Å². The maximum atomic E-state index is 12.9. The number of hydrogen-bond acceptors (Lipinski definition) is 10. The molecule has 4 aromatic carbocycles. The van der Waals surface area contributed by atoms with E-state index in [1.807, 2.05) is 50.2 Å². The van der Waals surface area contributed by atoms with Gasteiger partial charge in [-0.15, -0.1) is 0 Å². The van der Waals surface area contributed by atoms with Gasteiger partial charge in [-0.05, 0) is 79.4 Å². The summed E-state index contributed by atoms with van der Waals surface area (Å²) in [7, 11) is 0. The molecule has 7 N–H and O–H groups in total. The minimum atomic E-state index is -0.594. The molecule has 2 amide bonds. The molecule has 54 heavy (non-hydrogen) atoms. The molecule has 1 aliphatic rings. The summed E-state index contributed by atoms with van der Waals surface area (Å²) in [4.78, 5) is 47.7. The van der Waals surface area contributed by atoms with Crippen LogP contribution in [0.5, 0.6) is 5.75 Å². The maximum absolute atomic E-state index is 12.9. The number of amides is 2. The number of oxazole rings is 1. The number of halogens is 1. The highest BCUT2D eigenvalue weighted by atomic mass is 35.5. The van der Waals surface area contributed by atoms with Gasteiger partial charge in [0.2, 0.25) is 17.6 Å². The van der Waals surface area contributed by atoms with E-state index in [1.165, 1.54) is 5.56 Å². The van der Waals surface area contributed by atoms with Crippen molar-refractivity contribution in [3.63, 3.8) is 0 Å². The lowest BCUT2D eigenvalue weighted by Crippen LogP contribution is -2.47. The number of aliphatic hydroxyl groups excluding tert-OH is 1. The number of nitrogens with zero attached hydrogens (tertiary/aromatic N) is 3. The topological polar surface area (TPSA) is 198 Å². The van der Waals surface area contributed by atoms with E-state index >= 15 is 0 Å². The number of likely N-dealkylation sites (tertiary alicyclic amines) is 1. The van der Waals surface area contributed by atoms with Gasteiger partial charge in [-0.2, -0.15) is 0 Å². The molecule has 5 aromatic rings. The van der Waals surface area contributed by atoms with E-state index in [4.69, 9.17) is 36.8 Å². The normalized spacial score (nSPS) is 13.2. The molecule has 2 heterocycles. The fourth-order valence-electron chi connectivity index (χ4n) is 5.12. The molecule has 0 radical (unpaired) electrons. The zero-order chi connectivity index (χ0) is 38.9. The van der Waals surface area contributed by atoms with Crippen LogP contribution in [0.25, 0.3) is 11.1 Å². The fourth-order valence-corrected chi connectivity index (χ4v) is 5.63. The summed E-state index contributed by atoms with van der Waals surface area (Å²) in [6, 6.07) is 28.5. The van der Waals surface area contributed by atoms with Crippen molar-refractivity contribution in [3.8, 4) is 5.75 Å². The summed E-state index contributed by atoms with van der Waals surface area (Å²) >= 11 is 6.74. The van der Waals surface area contributed by atoms with Crippen LogP contribution in [-0.4, -0.2) is 64.2 Å². The van der Waals surface area contributed by atoms with Crippen LogP contribution in [0, 0.1) is 6.92 Å². The van der Waals surface area contributed by atoms with Gasteiger partial charge in [0.1, 0.15) is 29.5 Å². The molecule has 6 rings (SSSR count). The number of fused-ring (bicyclic) bond motifs is 1. The van der Waals surface area contributed by atoms with E-state index in [1.54, 1.807) is 65.6 Å². The van der Waals surface area contributed by atoms with E-state index in [-0.39, 0.29) is 43.2 Å². The Kier molecular flexibility index (Phi) is 16.3. The number of guanidine groups is 1. The van der Waals surface area contributed by atoms with Crippen molar-refractivity contribution < 1.29 is 28.1 Å². The van der Waals surface area contributed by atoms with Gasteiger partial charge in [-0.25, -0.2) is 14.7 Å². The van der Waals surface area contributed by atoms with E-state index < -0.39 is 11.8 Å². The average Bonchev–Trinajstić information content (AvgIpc) is 3.85. The zero-order valence-corrected chi connectivity index (χ0v) is 31.6. The molecular formula is C39H44ClN7O6S. The number of aliphatic hydroxyl groups is 1. The van der Waals surface area contributed by atoms with Gasteiger partial charge in [0, 0.05) is 18.1 Å². The van der Waals surface area contributed by atoms with Crippen molar-refractivity contribution in [2.24, 2.45) is 16.5 Å². The van der Waals surface area contributed by atoms with Gasteiger partial charge < -0.3 is 35.4 Å². The third kappa shape index (κ3) is 13.2. The van der Waals surface area contributed by atoms with E-state index in [0.29, 0.717) is 34.8 Å². The first-order valence-corrected chi connectivity index (χ1v) is 18.3. The Balaban J connectivity index is 0.000000263. The molecule has 0 bridgehead atoms. The molecule has 1 aromatic heterocycles. The molecular weight excluding hydrogens is 730 g/mol. The summed E-state index contributed by atoms with van der Waals surface area (Å²) in [5.41, 5.74) is 15.2. The van der Waals surface area contributed by atoms with Crippen LogP contribution < -0.4 is 25.7 Å². The summed E-state index contributed by atoms with van der Waals surface area (Å²) < 4.78 is 13.9. The van der Waals surface area contributed by atoms with E-state index in [0.717, 1.165) is 42.0 Å². The van der Waals surface area contributed by atoms with Crippen molar-refractivity contribution in [1.82, 2.24) is 19.9 Å². The third-order valence-corrected chi connectivity index (χ3v) is 8.77. The molecule has 1 aliphatic heterocycles. The number of nitrogens with two attached hydrogens (primary N) is 2. The Bertz CT molecular complexity index is 1950. The zero-order valence-electron chi connectivity index (χ0n) is 30.0. The predicted octanol–water partition coefficient (Wildman–Crippen LogP) is 5.64. The third-order valence-electron chi connectivity index (χ3n) is 7.84. The Morgan fingerprint density at radius 3 is 2.33 bits per heavy atom. The number of rotatable bonds is 12. The van der Waals surface area contributed by atoms with Crippen molar-refractivity contribution in [1.29, 1.82) is 0 Å². The molecule has 0 spiro atoms. The Labute approximate surface area is 323 Å². The lowest BCUT2D eigenvalue weighted by atomic mass is 10.1. The van der Waals surface area contributed by atoms with E-state index in [9.17, 15) is 14.4 Å². The van der Waals surface area contributed by atoms with Crippen molar-refractivity contribution >= 4 is 64.2 Å². The Hall–Kier alpha value is -5.41. The van der Waals surface area contributed by atoms with Crippen molar-refractivity contribution in [3.05, 3.63) is 125 Å². The molecule has 1 unspecified atom stereocenters. The highest BCUT2D eigenvalue weighted by molar-refractivity contribution is 7.93. The first-order chi connectivity index (χ1) is 26.1. The van der Waals surface area contributed by atoms with Crippen LogP contribution >= 0.6 is 23.8 Å². The van der Waals surface area contributed by atoms with Gasteiger partial charge in [0.25, 0.3) is 5.89 Å². The number of nitrogens with one attached hydrogen (secondary N) is 2. The van der Waals surface area contributed by atoms with E-state index in [2.05, 4.69) is 20.0 Å². The Morgan fingerprint density at radius 1 is 1.00 bits per heavy atom. The summed E-state index contributed by atoms with van der Waals surface area (Å²) in [5.74, 6) is -0.164. The van der Waals surface area contributed by atoms with Crippen molar-refractivity contribution in [2.75, 3.05) is 19.6 Å². The molecule has 1 saturated heterocycles. The Morgan fingerprint density at radius 2 is 1.69 bits per heavy atom. The number of aromatic nitrogens is 1. The molecule has 15 heteroatoms. The summed E-state index contributed by atoms with van der Waals surface area (Å²) in [6.45, 7) is 5.13. The second-order valence-corrected chi connectivity index (χ2v) is 13.1. The number of carbonyl (C=O) groups is 3. The van der Waals surface area contributed by atoms with Gasteiger partial charge in [-0.3, -0.25) is 14.4 Å². The quantitative estimate of drug-likeness (QED) is 0.0263. The maximum Gasteiger partial charge on any atom is 0.266 e. The fraction of sp³-hybridized carbons (Fsp3) is 0.256. The number of ketones is 1.